The Bertz CT molecular complexity index is 763. The van der Waals surface area contributed by atoms with Crippen LogP contribution in [0.15, 0.2) is 48.0 Å². The summed E-state index contributed by atoms with van der Waals surface area (Å²) in [6.07, 6.45) is 2.34. The average molecular weight is 324 g/mol. The molecule has 0 aliphatic carbocycles. The number of carbonyl (C=O) groups excluding carboxylic acids is 1. The number of carbonyl (C=O) groups is 1. The maximum absolute atomic E-state index is 12.3. The monoisotopic (exact) mass is 324 g/mol. The molecule has 3 rings (SSSR count). The molecule has 0 spiro atoms. The van der Waals surface area contributed by atoms with Crippen molar-refractivity contribution in [1.82, 2.24) is 0 Å². The van der Waals surface area contributed by atoms with Gasteiger partial charge in [-0.3, -0.25) is 0 Å². The first-order chi connectivity index (χ1) is 11.7. The number of hydrogen-bond acceptors (Lipinski definition) is 4. The predicted molar refractivity (Wildman–Crippen MR) is 92.5 cm³/mol. The van der Waals surface area contributed by atoms with E-state index in [0.717, 1.165) is 11.1 Å². The lowest BCUT2D eigenvalue weighted by Crippen LogP contribution is -2.20. The lowest BCUT2D eigenvalue weighted by Gasteiger charge is -2.22. The molecule has 0 amide bonds. The lowest BCUT2D eigenvalue weighted by molar-refractivity contribution is -0.130. The van der Waals surface area contributed by atoms with Crippen molar-refractivity contribution in [3.05, 3.63) is 59.2 Å². The fraction of sp³-hybridized carbons (Fsp3) is 0.250. The summed E-state index contributed by atoms with van der Waals surface area (Å²) in [5, 5.41) is 0. The number of benzene rings is 2. The van der Waals surface area contributed by atoms with Crippen molar-refractivity contribution in [1.29, 1.82) is 0 Å². The Kier molecular flexibility index (Phi) is 4.85. The third kappa shape index (κ3) is 3.43. The van der Waals surface area contributed by atoms with E-state index in [2.05, 4.69) is 0 Å². The Balaban J connectivity index is 1.99. The maximum atomic E-state index is 12.3. The van der Waals surface area contributed by atoms with Gasteiger partial charge >= 0.3 is 5.97 Å². The molecule has 0 unspecified atom stereocenters. The number of fused-ring (bicyclic) bond motifs is 1. The molecule has 1 heterocycles. The molecule has 0 bridgehead atoms. The molecule has 4 nitrogen and oxygen atoms in total. The molecule has 0 fully saturated rings. The fourth-order valence-electron chi connectivity index (χ4n) is 2.68. The van der Waals surface area contributed by atoms with Crippen LogP contribution in [0.5, 0.6) is 17.2 Å². The Morgan fingerprint density at radius 1 is 1.08 bits per heavy atom. The Morgan fingerprint density at radius 2 is 1.83 bits per heavy atom. The third-order valence-corrected chi connectivity index (χ3v) is 3.72. The summed E-state index contributed by atoms with van der Waals surface area (Å²) in [5.41, 5.74) is 2.46. The summed E-state index contributed by atoms with van der Waals surface area (Å²) in [4.78, 5) is 12.3. The van der Waals surface area contributed by atoms with E-state index in [-0.39, 0.29) is 5.97 Å². The van der Waals surface area contributed by atoms with Gasteiger partial charge in [-0.25, -0.2) is 4.79 Å². The van der Waals surface area contributed by atoms with Crippen molar-refractivity contribution in [2.45, 2.75) is 20.3 Å². The van der Waals surface area contributed by atoms with Crippen molar-refractivity contribution in [2.75, 3.05) is 13.2 Å². The van der Waals surface area contributed by atoms with Crippen LogP contribution in [-0.2, 0) is 11.2 Å². The summed E-state index contributed by atoms with van der Waals surface area (Å²) in [6.45, 7) is 4.91. The molecule has 0 radical (unpaired) electrons. The van der Waals surface area contributed by atoms with E-state index in [1.54, 1.807) is 6.07 Å². The highest BCUT2D eigenvalue weighted by Crippen LogP contribution is 2.39. The van der Waals surface area contributed by atoms with Gasteiger partial charge in [0.05, 0.1) is 13.2 Å². The molecule has 0 atom stereocenters. The van der Waals surface area contributed by atoms with Crippen molar-refractivity contribution in [3.8, 4) is 17.2 Å². The number of rotatable bonds is 5. The SMILES string of the molecule is CCOc1cc(OCC)c2c(c1)OC(=O)C(=Cc1ccccc1)C2. The van der Waals surface area contributed by atoms with E-state index in [4.69, 9.17) is 14.2 Å². The van der Waals surface area contributed by atoms with Crippen LogP contribution in [0.3, 0.4) is 0 Å². The van der Waals surface area contributed by atoms with Crippen LogP contribution in [0.1, 0.15) is 25.0 Å². The normalized spacial score (nSPS) is 14.9. The molecule has 2 aromatic carbocycles. The summed E-state index contributed by atoms with van der Waals surface area (Å²) in [5.74, 6) is 1.52. The van der Waals surface area contributed by atoms with E-state index >= 15 is 0 Å². The topological polar surface area (TPSA) is 44.8 Å². The van der Waals surface area contributed by atoms with E-state index < -0.39 is 0 Å². The summed E-state index contributed by atoms with van der Waals surface area (Å²) >= 11 is 0. The van der Waals surface area contributed by atoms with E-state index in [1.165, 1.54) is 0 Å². The first-order valence-corrected chi connectivity index (χ1v) is 8.11. The largest absolute Gasteiger partial charge is 0.494 e. The van der Waals surface area contributed by atoms with E-state index in [0.29, 0.717) is 42.5 Å². The molecule has 2 aromatic rings. The minimum atomic E-state index is -0.331. The molecular formula is C20H20O4. The molecule has 0 N–H and O–H groups in total. The molecule has 0 saturated heterocycles. The van der Waals surface area contributed by atoms with Crippen LogP contribution >= 0.6 is 0 Å². The standard InChI is InChI=1S/C20H20O4/c1-3-22-16-12-18(23-4-2)17-11-15(20(21)24-19(17)13-16)10-14-8-6-5-7-9-14/h5-10,12-13H,3-4,11H2,1-2H3. The maximum Gasteiger partial charge on any atom is 0.339 e. The van der Waals surface area contributed by atoms with Gasteiger partial charge in [0.15, 0.2) is 0 Å². The Hall–Kier alpha value is -2.75. The van der Waals surface area contributed by atoms with Gasteiger partial charge in [-0.2, -0.15) is 0 Å². The van der Waals surface area contributed by atoms with Gasteiger partial charge in [0.2, 0.25) is 0 Å². The summed E-state index contributed by atoms with van der Waals surface area (Å²) in [7, 11) is 0. The first kappa shape index (κ1) is 16.1. The van der Waals surface area contributed by atoms with Crippen LogP contribution in [0.2, 0.25) is 0 Å². The van der Waals surface area contributed by atoms with Crippen LogP contribution in [-0.4, -0.2) is 19.2 Å². The highest BCUT2D eigenvalue weighted by molar-refractivity contribution is 5.97. The van der Waals surface area contributed by atoms with Crippen molar-refractivity contribution in [2.24, 2.45) is 0 Å². The van der Waals surface area contributed by atoms with Crippen LogP contribution < -0.4 is 14.2 Å². The molecule has 124 valence electrons. The van der Waals surface area contributed by atoms with Crippen molar-refractivity contribution >= 4 is 12.0 Å². The fourth-order valence-corrected chi connectivity index (χ4v) is 2.68. The smallest absolute Gasteiger partial charge is 0.339 e. The van der Waals surface area contributed by atoms with Gasteiger partial charge < -0.3 is 14.2 Å². The number of ether oxygens (including phenoxy) is 3. The minimum absolute atomic E-state index is 0.331. The minimum Gasteiger partial charge on any atom is -0.494 e. The van der Waals surface area contributed by atoms with Crippen molar-refractivity contribution in [3.63, 3.8) is 0 Å². The Labute approximate surface area is 141 Å². The third-order valence-electron chi connectivity index (χ3n) is 3.72. The highest BCUT2D eigenvalue weighted by atomic mass is 16.5. The molecule has 1 aliphatic heterocycles. The van der Waals surface area contributed by atoms with Crippen molar-refractivity contribution < 1.29 is 19.0 Å². The quantitative estimate of drug-likeness (QED) is 0.473. The highest BCUT2D eigenvalue weighted by Gasteiger charge is 2.26. The van der Waals surface area contributed by atoms with Crippen LogP contribution in [0.25, 0.3) is 6.08 Å². The lowest BCUT2D eigenvalue weighted by atomic mass is 9.98. The number of esters is 1. The average Bonchev–Trinajstić information content (AvgIpc) is 2.57. The zero-order chi connectivity index (χ0) is 16.9. The summed E-state index contributed by atoms with van der Waals surface area (Å²) < 4.78 is 16.8. The van der Waals surface area contributed by atoms with Gasteiger partial charge in [-0.15, -0.1) is 0 Å². The molecule has 1 aliphatic rings. The van der Waals surface area contributed by atoms with Gasteiger partial charge in [0.1, 0.15) is 17.2 Å². The zero-order valence-corrected chi connectivity index (χ0v) is 13.9. The predicted octanol–water partition coefficient (Wildman–Crippen LogP) is 4.03. The first-order valence-electron chi connectivity index (χ1n) is 8.11. The number of hydrogen-bond donors (Lipinski definition) is 0. The zero-order valence-electron chi connectivity index (χ0n) is 13.9. The van der Waals surface area contributed by atoms with Gasteiger partial charge in [-0.1, -0.05) is 30.3 Å². The molecule has 24 heavy (non-hydrogen) atoms. The summed E-state index contributed by atoms with van der Waals surface area (Å²) in [6, 6.07) is 13.3. The molecule has 4 heteroatoms. The Morgan fingerprint density at radius 3 is 2.54 bits per heavy atom. The second-order valence-corrected chi connectivity index (χ2v) is 5.41. The molecule has 0 aromatic heterocycles. The molecule has 0 saturated carbocycles. The van der Waals surface area contributed by atoms with Gasteiger partial charge in [0.25, 0.3) is 0 Å². The second kappa shape index (κ2) is 7.21. The van der Waals surface area contributed by atoms with Gasteiger partial charge in [-0.05, 0) is 25.5 Å². The van der Waals surface area contributed by atoms with Crippen LogP contribution in [0, 0.1) is 0 Å². The van der Waals surface area contributed by atoms with E-state index in [9.17, 15) is 4.79 Å². The van der Waals surface area contributed by atoms with Crippen LogP contribution in [0.4, 0.5) is 0 Å². The van der Waals surface area contributed by atoms with E-state index in [1.807, 2.05) is 56.3 Å². The molecular weight excluding hydrogens is 304 g/mol. The second-order valence-electron chi connectivity index (χ2n) is 5.41. The van der Waals surface area contributed by atoms with Gasteiger partial charge in [0, 0.05) is 29.7 Å².